The molecule has 48 valence electrons. The Morgan fingerprint density at radius 2 is 2.22 bits per heavy atom. The van der Waals surface area contributed by atoms with Gasteiger partial charge in [0.05, 0.1) is 0 Å². The molecule has 2 aliphatic rings. The smallest absolute Gasteiger partial charge is 0.145 e. The van der Waals surface area contributed by atoms with Gasteiger partial charge < -0.3 is 9.84 Å². The minimum atomic E-state index is -0.00463. The summed E-state index contributed by atoms with van der Waals surface area (Å²) in [7, 11) is 0. The Morgan fingerprint density at radius 1 is 1.44 bits per heavy atom. The molecule has 0 saturated carbocycles. The second kappa shape index (κ2) is 1.39. The van der Waals surface area contributed by atoms with Gasteiger partial charge in [-0.2, -0.15) is 0 Å². The van der Waals surface area contributed by atoms with Crippen molar-refractivity contribution >= 4 is 0 Å². The number of aliphatic hydroxyl groups is 1. The van der Waals surface area contributed by atoms with E-state index in [0.717, 1.165) is 0 Å². The first kappa shape index (κ1) is 5.06. The highest BCUT2D eigenvalue weighted by atomic mass is 16.6. The molecule has 0 radical (unpaired) electrons. The third-order valence-corrected chi connectivity index (χ3v) is 1.75. The van der Waals surface area contributed by atoms with E-state index >= 15 is 0 Å². The minimum absolute atomic E-state index is 0.00463. The van der Waals surface area contributed by atoms with Gasteiger partial charge in [0.1, 0.15) is 18.0 Å². The quantitative estimate of drug-likeness (QED) is 0.491. The van der Waals surface area contributed by atoms with Crippen molar-refractivity contribution in [3.05, 3.63) is 23.5 Å². The van der Waals surface area contributed by atoms with E-state index in [1.807, 2.05) is 13.0 Å². The zero-order chi connectivity index (χ0) is 6.43. The van der Waals surface area contributed by atoms with Gasteiger partial charge in [-0.05, 0) is 18.6 Å². The highest BCUT2D eigenvalue weighted by Crippen LogP contribution is 2.36. The predicted molar refractivity (Wildman–Crippen MR) is 33.1 cm³/mol. The van der Waals surface area contributed by atoms with Crippen LogP contribution in [0.15, 0.2) is 23.5 Å². The lowest BCUT2D eigenvalue weighted by molar-refractivity contribution is 0.322. The normalized spacial score (nSPS) is 38.8. The van der Waals surface area contributed by atoms with Crippen LogP contribution >= 0.6 is 0 Å². The maximum Gasteiger partial charge on any atom is 0.145 e. The summed E-state index contributed by atoms with van der Waals surface area (Å²) in [5.41, 5.74) is 1.21. The molecule has 1 fully saturated rings. The van der Waals surface area contributed by atoms with Gasteiger partial charge in [-0.3, -0.25) is 0 Å². The van der Waals surface area contributed by atoms with E-state index in [0.29, 0.717) is 5.76 Å². The molecule has 2 rings (SSSR count). The number of allylic oxidation sites excluding steroid dienone is 2. The van der Waals surface area contributed by atoms with Crippen LogP contribution in [0.3, 0.4) is 0 Å². The molecule has 9 heavy (non-hydrogen) atoms. The fraction of sp³-hybridized carbons (Fsp3) is 0.429. The minimum Gasteiger partial charge on any atom is -0.509 e. The summed E-state index contributed by atoms with van der Waals surface area (Å²) in [4.78, 5) is 0. The molecule has 0 spiro atoms. The molecule has 2 unspecified atom stereocenters. The van der Waals surface area contributed by atoms with E-state index in [1.165, 1.54) is 5.57 Å². The Balaban J connectivity index is 2.33. The van der Waals surface area contributed by atoms with Gasteiger partial charge >= 0.3 is 0 Å². The molecule has 1 heterocycles. The SMILES string of the molecule is CC1=CC=C(O)C2OC12. The van der Waals surface area contributed by atoms with Crippen molar-refractivity contribution in [3.8, 4) is 0 Å². The molecule has 1 saturated heterocycles. The van der Waals surface area contributed by atoms with E-state index in [-0.39, 0.29) is 12.2 Å². The number of ether oxygens (including phenoxy) is 1. The van der Waals surface area contributed by atoms with Crippen LogP contribution in [0.2, 0.25) is 0 Å². The number of rotatable bonds is 0. The van der Waals surface area contributed by atoms with E-state index in [4.69, 9.17) is 9.84 Å². The van der Waals surface area contributed by atoms with Gasteiger partial charge in [-0.1, -0.05) is 6.08 Å². The van der Waals surface area contributed by atoms with Crippen LogP contribution in [0.4, 0.5) is 0 Å². The summed E-state index contributed by atoms with van der Waals surface area (Å²) < 4.78 is 5.12. The number of hydrogen-bond acceptors (Lipinski definition) is 2. The van der Waals surface area contributed by atoms with Gasteiger partial charge in [0.2, 0.25) is 0 Å². The molecule has 2 heteroatoms. The first-order chi connectivity index (χ1) is 4.29. The Bertz CT molecular complexity index is 181. The number of fused-ring (bicyclic) bond motifs is 1. The van der Waals surface area contributed by atoms with E-state index in [2.05, 4.69) is 0 Å². The average Bonchev–Trinajstić information content (AvgIpc) is 2.57. The lowest BCUT2D eigenvalue weighted by Gasteiger charge is -1.98. The Kier molecular flexibility index (Phi) is 0.781. The van der Waals surface area contributed by atoms with Crippen LogP contribution < -0.4 is 0 Å². The van der Waals surface area contributed by atoms with Crippen molar-refractivity contribution in [2.75, 3.05) is 0 Å². The summed E-state index contributed by atoms with van der Waals surface area (Å²) in [5, 5.41) is 9.03. The zero-order valence-electron chi connectivity index (χ0n) is 5.16. The molecule has 0 amide bonds. The molecule has 1 aliphatic heterocycles. The van der Waals surface area contributed by atoms with Gasteiger partial charge in [-0.25, -0.2) is 0 Å². The third kappa shape index (κ3) is 0.598. The first-order valence-corrected chi connectivity index (χ1v) is 3.02. The second-order valence-electron chi connectivity index (χ2n) is 2.48. The van der Waals surface area contributed by atoms with Gasteiger partial charge in [0.15, 0.2) is 0 Å². The average molecular weight is 124 g/mol. The second-order valence-corrected chi connectivity index (χ2v) is 2.48. The summed E-state index contributed by atoms with van der Waals surface area (Å²) in [5.74, 6) is 0.366. The molecule has 2 atom stereocenters. The third-order valence-electron chi connectivity index (χ3n) is 1.75. The Hall–Kier alpha value is -0.760. The molecular formula is C7H8O2. The summed E-state index contributed by atoms with van der Waals surface area (Å²) in [6.07, 6.45) is 3.78. The van der Waals surface area contributed by atoms with Gasteiger partial charge in [0.25, 0.3) is 0 Å². The molecular weight excluding hydrogens is 116 g/mol. The van der Waals surface area contributed by atoms with E-state index in [1.54, 1.807) is 6.08 Å². The molecule has 0 aromatic carbocycles. The monoisotopic (exact) mass is 124 g/mol. The number of aliphatic hydroxyl groups excluding tert-OH is 1. The summed E-state index contributed by atoms with van der Waals surface area (Å²) >= 11 is 0. The van der Waals surface area contributed by atoms with Crippen molar-refractivity contribution in [2.45, 2.75) is 19.1 Å². The van der Waals surface area contributed by atoms with Gasteiger partial charge in [0, 0.05) is 0 Å². The maximum atomic E-state index is 9.03. The van der Waals surface area contributed by atoms with Crippen molar-refractivity contribution in [3.63, 3.8) is 0 Å². The molecule has 0 aromatic rings. The lowest BCUT2D eigenvalue weighted by atomic mass is 10.1. The molecule has 0 bridgehead atoms. The van der Waals surface area contributed by atoms with Crippen LogP contribution in [-0.2, 0) is 4.74 Å². The molecule has 2 nitrogen and oxygen atoms in total. The van der Waals surface area contributed by atoms with Crippen LogP contribution in [0.25, 0.3) is 0 Å². The Morgan fingerprint density at radius 3 is 2.89 bits per heavy atom. The topological polar surface area (TPSA) is 32.8 Å². The van der Waals surface area contributed by atoms with Gasteiger partial charge in [-0.15, -0.1) is 0 Å². The van der Waals surface area contributed by atoms with Crippen molar-refractivity contribution in [1.29, 1.82) is 0 Å². The zero-order valence-corrected chi connectivity index (χ0v) is 5.16. The highest BCUT2D eigenvalue weighted by Gasteiger charge is 2.44. The molecule has 1 aliphatic carbocycles. The van der Waals surface area contributed by atoms with E-state index in [9.17, 15) is 0 Å². The van der Waals surface area contributed by atoms with E-state index < -0.39 is 0 Å². The van der Waals surface area contributed by atoms with Crippen molar-refractivity contribution < 1.29 is 9.84 Å². The lowest BCUT2D eigenvalue weighted by Crippen LogP contribution is -2.02. The van der Waals surface area contributed by atoms with Crippen LogP contribution in [-0.4, -0.2) is 17.3 Å². The van der Waals surface area contributed by atoms with Crippen LogP contribution in [0.1, 0.15) is 6.92 Å². The highest BCUT2D eigenvalue weighted by molar-refractivity contribution is 5.32. The fourth-order valence-electron chi connectivity index (χ4n) is 1.09. The van der Waals surface area contributed by atoms with Crippen LogP contribution in [0.5, 0.6) is 0 Å². The number of hydrogen-bond donors (Lipinski definition) is 1. The van der Waals surface area contributed by atoms with Crippen molar-refractivity contribution in [2.24, 2.45) is 0 Å². The fourth-order valence-corrected chi connectivity index (χ4v) is 1.09. The van der Waals surface area contributed by atoms with Crippen LogP contribution in [0, 0.1) is 0 Å². The largest absolute Gasteiger partial charge is 0.509 e. The summed E-state index contributed by atoms with van der Waals surface area (Å²) in [6, 6.07) is 0. The molecule has 1 N–H and O–H groups in total. The van der Waals surface area contributed by atoms with Crippen molar-refractivity contribution in [1.82, 2.24) is 0 Å². The Labute approximate surface area is 53.4 Å². The predicted octanol–water partition coefficient (Wildman–Crippen LogP) is 1.16. The number of epoxide rings is 1. The summed E-state index contributed by atoms with van der Waals surface area (Å²) in [6.45, 7) is 2.01. The maximum absolute atomic E-state index is 9.03. The standard InChI is InChI=1S/C7H8O2/c1-4-2-3-5(8)7-6(4)9-7/h2-3,6-8H,1H3. The first-order valence-electron chi connectivity index (χ1n) is 3.02. The molecule has 0 aromatic heterocycles.